The van der Waals surface area contributed by atoms with Gasteiger partial charge in [0.25, 0.3) is 11.8 Å². The highest BCUT2D eigenvalue weighted by Gasteiger charge is 2.29. The lowest BCUT2D eigenvalue weighted by molar-refractivity contribution is -0.156. The molecule has 2 aromatic carbocycles. The van der Waals surface area contributed by atoms with Gasteiger partial charge in [-0.25, -0.2) is 4.79 Å². The Kier molecular flexibility index (Phi) is 7.10. The Hall–Kier alpha value is -3.15. The first-order valence-electron chi connectivity index (χ1n) is 10.8. The first-order chi connectivity index (χ1) is 14.8. The molecule has 0 saturated carbocycles. The van der Waals surface area contributed by atoms with Crippen LogP contribution >= 0.6 is 0 Å². The fourth-order valence-electron chi connectivity index (χ4n) is 3.74. The first kappa shape index (κ1) is 22.5. The summed E-state index contributed by atoms with van der Waals surface area (Å²) in [6.07, 6.45) is 2.23. The van der Waals surface area contributed by atoms with Gasteiger partial charge < -0.3 is 15.4 Å². The van der Waals surface area contributed by atoms with Crippen LogP contribution in [0.2, 0.25) is 0 Å². The topological polar surface area (TPSA) is 84.5 Å². The highest BCUT2D eigenvalue weighted by Crippen LogP contribution is 2.25. The number of hydrogen-bond acceptors (Lipinski definition) is 4. The molecule has 0 spiro atoms. The lowest BCUT2D eigenvalue weighted by Crippen LogP contribution is -2.47. The largest absolute Gasteiger partial charge is 0.451 e. The van der Waals surface area contributed by atoms with E-state index in [-0.39, 0.29) is 11.8 Å². The molecule has 164 valence electrons. The average molecular weight is 423 g/mol. The quantitative estimate of drug-likeness (QED) is 0.665. The number of rotatable bonds is 7. The van der Waals surface area contributed by atoms with E-state index in [2.05, 4.69) is 10.6 Å². The number of aryl methyl sites for hydroxylation is 3. The summed E-state index contributed by atoms with van der Waals surface area (Å²) in [6.45, 7) is 7.00. The van der Waals surface area contributed by atoms with Crippen LogP contribution in [-0.4, -0.2) is 29.9 Å². The van der Waals surface area contributed by atoms with Crippen LogP contribution in [0.3, 0.4) is 0 Å². The second-order valence-electron chi connectivity index (χ2n) is 8.42. The molecule has 0 radical (unpaired) electrons. The number of fused-ring (bicyclic) bond motifs is 1. The Morgan fingerprint density at radius 2 is 1.68 bits per heavy atom. The number of carbonyl (C=O) groups is 3. The van der Waals surface area contributed by atoms with Crippen LogP contribution in [0, 0.1) is 12.8 Å². The number of ether oxygens (including phenoxy) is 1. The molecule has 3 rings (SSSR count). The third kappa shape index (κ3) is 5.51. The van der Waals surface area contributed by atoms with Crippen molar-refractivity contribution in [3.63, 3.8) is 0 Å². The lowest BCUT2D eigenvalue weighted by Gasteiger charge is -2.23. The summed E-state index contributed by atoms with van der Waals surface area (Å²) in [5.41, 5.74) is 4.59. The second-order valence-corrected chi connectivity index (χ2v) is 8.42. The Morgan fingerprint density at radius 3 is 2.39 bits per heavy atom. The second kappa shape index (κ2) is 9.77. The molecular weight excluding hydrogens is 392 g/mol. The highest BCUT2D eigenvalue weighted by molar-refractivity contribution is 5.99. The van der Waals surface area contributed by atoms with Crippen molar-refractivity contribution >= 4 is 23.5 Å². The predicted molar refractivity (Wildman–Crippen MR) is 120 cm³/mol. The number of anilines is 1. The van der Waals surface area contributed by atoms with Crippen molar-refractivity contribution in [2.75, 3.05) is 5.32 Å². The molecule has 0 fully saturated rings. The zero-order chi connectivity index (χ0) is 22.5. The molecule has 0 heterocycles. The molecular formula is C25H30N2O4. The van der Waals surface area contributed by atoms with E-state index in [4.69, 9.17) is 4.74 Å². The van der Waals surface area contributed by atoms with Crippen molar-refractivity contribution in [1.29, 1.82) is 0 Å². The van der Waals surface area contributed by atoms with Crippen molar-refractivity contribution in [2.45, 2.75) is 59.1 Å². The van der Waals surface area contributed by atoms with Crippen LogP contribution in [0.5, 0.6) is 0 Å². The summed E-state index contributed by atoms with van der Waals surface area (Å²) < 4.78 is 5.40. The Balaban J connectivity index is 1.61. The van der Waals surface area contributed by atoms with Gasteiger partial charge in [-0.15, -0.1) is 0 Å². The molecule has 0 bridgehead atoms. The maximum atomic E-state index is 12.7. The number of benzene rings is 2. The minimum Gasteiger partial charge on any atom is -0.451 e. The lowest BCUT2D eigenvalue weighted by atomic mass is 10.0. The molecule has 1 aliphatic rings. The van der Waals surface area contributed by atoms with Gasteiger partial charge in [-0.1, -0.05) is 38.1 Å². The summed E-state index contributed by atoms with van der Waals surface area (Å²) in [5, 5.41) is 5.57. The van der Waals surface area contributed by atoms with Gasteiger partial charge in [0.1, 0.15) is 6.04 Å². The summed E-state index contributed by atoms with van der Waals surface area (Å²) in [4.78, 5) is 37.9. The molecule has 6 heteroatoms. The van der Waals surface area contributed by atoms with Gasteiger partial charge in [0.05, 0.1) is 0 Å². The van der Waals surface area contributed by atoms with E-state index in [0.717, 1.165) is 24.8 Å². The maximum Gasteiger partial charge on any atom is 0.329 e. The van der Waals surface area contributed by atoms with Crippen molar-refractivity contribution in [1.82, 2.24) is 5.32 Å². The zero-order valence-electron chi connectivity index (χ0n) is 18.5. The maximum absolute atomic E-state index is 12.7. The molecule has 2 amide bonds. The molecule has 6 nitrogen and oxygen atoms in total. The first-order valence-corrected chi connectivity index (χ1v) is 10.8. The number of esters is 1. The number of nitrogens with one attached hydrogen (secondary N) is 2. The van der Waals surface area contributed by atoms with E-state index in [1.165, 1.54) is 18.1 Å². The van der Waals surface area contributed by atoms with Gasteiger partial charge in [-0.05, 0) is 73.9 Å². The van der Waals surface area contributed by atoms with Gasteiger partial charge >= 0.3 is 5.97 Å². The minimum absolute atomic E-state index is 0.201. The van der Waals surface area contributed by atoms with Gasteiger partial charge in [-0.2, -0.15) is 0 Å². The van der Waals surface area contributed by atoms with Crippen LogP contribution in [-0.2, 0) is 27.2 Å². The fourth-order valence-corrected chi connectivity index (χ4v) is 3.74. The third-order valence-electron chi connectivity index (χ3n) is 5.63. The molecule has 0 aromatic heterocycles. The van der Waals surface area contributed by atoms with E-state index in [9.17, 15) is 14.4 Å². The van der Waals surface area contributed by atoms with Gasteiger partial charge in [0.2, 0.25) is 0 Å². The van der Waals surface area contributed by atoms with Crippen LogP contribution in [0.4, 0.5) is 5.69 Å². The molecule has 1 aliphatic carbocycles. The van der Waals surface area contributed by atoms with E-state index in [1.807, 2.05) is 51.1 Å². The summed E-state index contributed by atoms with van der Waals surface area (Å²) in [5.74, 6) is -1.58. The molecule has 2 N–H and O–H groups in total. The monoisotopic (exact) mass is 422 g/mol. The number of amides is 2. The van der Waals surface area contributed by atoms with Crippen molar-refractivity contribution in [2.24, 2.45) is 5.92 Å². The Morgan fingerprint density at radius 1 is 0.968 bits per heavy atom. The molecule has 31 heavy (non-hydrogen) atoms. The van der Waals surface area contributed by atoms with Gasteiger partial charge in [0, 0.05) is 11.3 Å². The molecule has 2 atom stereocenters. The Bertz CT molecular complexity index is 983. The number of hydrogen-bond donors (Lipinski definition) is 2. The van der Waals surface area contributed by atoms with E-state index >= 15 is 0 Å². The van der Waals surface area contributed by atoms with Crippen molar-refractivity contribution < 1.29 is 19.1 Å². The highest BCUT2D eigenvalue weighted by atomic mass is 16.5. The van der Waals surface area contributed by atoms with Crippen LogP contribution < -0.4 is 10.6 Å². The smallest absolute Gasteiger partial charge is 0.329 e. The van der Waals surface area contributed by atoms with Crippen LogP contribution in [0.1, 0.15) is 54.2 Å². The molecule has 0 unspecified atom stereocenters. The molecule has 2 aromatic rings. The normalized spacial score (nSPS) is 14.5. The SMILES string of the molecule is Cc1ccccc1C(=O)N[C@H](C(=O)O[C@H](C)C(=O)Nc1ccc2c(c1)CCC2)C(C)C. The van der Waals surface area contributed by atoms with E-state index < -0.39 is 24.0 Å². The third-order valence-corrected chi connectivity index (χ3v) is 5.63. The average Bonchev–Trinajstić information content (AvgIpc) is 3.19. The minimum atomic E-state index is -0.989. The Labute approximate surface area is 183 Å². The van der Waals surface area contributed by atoms with Crippen molar-refractivity contribution in [3.05, 3.63) is 64.7 Å². The van der Waals surface area contributed by atoms with E-state index in [1.54, 1.807) is 12.1 Å². The van der Waals surface area contributed by atoms with E-state index in [0.29, 0.717) is 11.3 Å². The number of carbonyl (C=O) groups excluding carboxylic acids is 3. The van der Waals surface area contributed by atoms with Crippen LogP contribution in [0.25, 0.3) is 0 Å². The van der Waals surface area contributed by atoms with Crippen LogP contribution in [0.15, 0.2) is 42.5 Å². The fraction of sp³-hybridized carbons (Fsp3) is 0.400. The van der Waals surface area contributed by atoms with Gasteiger partial charge in [0.15, 0.2) is 6.10 Å². The molecule has 0 saturated heterocycles. The standard InChI is InChI=1S/C25H30N2O4/c1-15(2)22(27-24(29)21-11-6-5-8-16(21)3)25(30)31-17(4)23(28)26-20-13-12-18-9-7-10-19(18)14-20/h5-6,8,11-15,17,22H,7,9-10H2,1-4H3,(H,26,28)(H,27,29)/t17-,22+/m1/s1. The molecule has 0 aliphatic heterocycles. The summed E-state index contributed by atoms with van der Waals surface area (Å²) in [6, 6.07) is 12.2. The summed E-state index contributed by atoms with van der Waals surface area (Å²) >= 11 is 0. The zero-order valence-corrected chi connectivity index (χ0v) is 18.5. The van der Waals surface area contributed by atoms with Gasteiger partial charge in [-0.3, -0.25) is 9.59 Å². The summed E-state index contributed by atoms with van der Waals surface area (Å²) in [7, 11) is 0. The van der Waals surface area contributed by atoms with Crippen molar-refractivity contribution in [3.8, 4) is 0 Å². The predicted octanol–water partition coefficient (Wildman–Crippen LogP) is 3.81.